The molecule has 0 saturated heterocycles. The molecule has 0 spiro atoms. The summed E-state index contributed by atoms with van der Waals surface area (Å²) in [6.45, 7) is 5.00. The Balaban J connectivity index is 2.84. The number of hydrogen-bond acceptors (Lipinski definition) is 5. The first-order chi connectivity index (χ1) is 9.65. The van der Waals surface area contributed by atoms with Crippen LogP contribution in [0.3, 0.4) is 0 Å². The van der Waals surface area contributed by atoms with Crippen molar-refractivity contribution in [3.63, 3.8) is 0 Å². The van der Waals surface area contributed by atoms with E-state index in [1.165, 1.54) is 25.1 Å². The molecule has 21 heavy (non-hydrogen) atoms. The van der Waals surface area contributed by atoms with Crippen molar-refractivity contribution in [3.05, 3.63) is 33.3 Å². The van der Waals surface area contributed by atoms with Crippen molar-refractivity contribution < 1.29 is 19.6 Å². The summed E-state index contributed by atoms with van der Waals surface area (Å²) in [5.74, 6) is -0.784. The number of benzene rings is 1. The zero-order valence-corrected chi connectivity index (χ0v) is 12.7. The topological polar surface area (TPSA) is 102 Å². The number of carboxylic acid groups (broad SMARTS) is 1. The summed E-state index contributed by atoms with van der Waals surface area (Å²) in [5, 5.41) is 22.8. The predicted octanol–water partition coefficient (Wildman–Crippen LogP) is 2.47. The largest absolute Gasteiger partial charge is 0.491 e. The third-order valence-electron chi connectivity index (χ3n) is 2.72. The number of nitro groups is 1. The maximum atomic E-state index is 11.3. The van der Waals surface area contributed by atoms with E-state index in [9.17, 15) is 20.0 Å². The highest BCUT2D eigenvalue weighted by Crippen LogP contribution is 2.28. The van der Waals surface area contributed by atoms with Gasteiger partial charge in [-0.05, 0) is 26.8 Å². The molecule has 7 nitrogen and oxygen atoms in total. The summed E-state index contributed by atoms with van der Waals surface area (Å²) < 4.78 is 5.40. The van der Waals surface area contributed by atoms with E-state index >= 15 is 0 Å². The number of hydrogen-bond donors (Lipinski definition) is 2. The Hall–Kier alpha value is -1.86. The van der Waals surface area contributed by atoms with Crippen LogP contribution in [0.15, 0.2) is 18.2 Å². The molecule has 0 aliphatic heterocycles. The summed E-state index contributed by atoms with van der Waals surface area (Å²) in [6, 6.07) is 3.83. The van der Waals surface area contributed by atoms with Gasteiger partial charge in [-0.3, -0.25) is 20.2 Å². The van der Waals surface area contributed by atoms with Gasteiger partial charge in [-0.15, -0.1) is 0 Å². The smallest absolute Gasteiger partial charge is 0.327 e. The highest BCUT2D eigenvalue weighted by Gasteiger charge is 2.34. The van der Waals surface area contributed by atoms with Crippen LogP contribution in [-0.4, -0.2) is 34.2 Å². The molecule has 1 atom stereocenters. The molecule has 1 aromatic rings. The van der Waals surface area contributed by atoms with Crippen molar-refractivity contribution >= 4 is 23.3 Å². The number of nitrogens with one attached hydrogen (secondary N) is 1. The Morgan fingerprint density at radius 1 is 1.57 bits per heavy atom. The molecule has 1 unspecified atom stereocenters. The van der Waals surface area contributed by atoms with Crippen molar-refractivity contribution in [1.82, 2.24) is 5.32 Å². The average molecular weight is 317 g/mol. The molecular formula is C13H17ClN2O5. The number of carbonyl (C=O) groups is 1. The molecular weight excluding hydrogens is 300 g/mol. The lowest BCUT2D eigenvalue weighted by Gasteiger charge is -2.28. The molecule has 1 aromatic carbocycles. The van der Waals surface area contributed by atoms with Crippen LogP contribution >= 0.6 is 11.6 Å². The monoisotopic (exact) mass is 316 g/mol. The minimum absolute atomic E-state index is 0.0462. The average Bonchev–Trinajstić information content (AvgIpc) is 2.35. The first-order valence-corrected chi connectivity index (χ1v) is 6.61. The molecule has 116 valence electrons. The number of ether oxygens (including phenoxy) is 1. The Labute approximate surface area is 127 Å². The van der Waals surface area contributed by atoms with Gasteiger partial charge in [0.05, 0.1) is 4.92 Å². The van der Waals surface area contributed by atoms with Crippen molar-refractivity contribution in [2.24, 2.45) is 0 Å². The summed E-state index contributed by atoms with van der Waals surface area (Å²) in [6.07, 6.45) is 0. The number of carboxylic acids is 1. The fourth-order valence-corrected chi connectivity index (χ4v) is 1.99. The van der Waals surface area contributed by atoms with Crippen LogP contribution < -0.4 is 10.1 Å². The normalized spacial score (nSPS) is 13.8. The third-order valence-corrected chi connectivity index (χ3v) is 3.03. The van der Waals surface area contributed by atoms with Crippen LogP contribution in [0.4, 0.5) is 5.69 Å². The van der Waals surface area contributed by atoms with Crippen LogP contribution in [0.2, 0.25) is 5.02 Å². The van der Waals surface area contributed by atoms with E-state index in [-0.39, 0.29) is 29.1 Å². The van der Waals surface area contributed by atoms with Crippen LogP contribution in [-0.2, 0) is 4.79 Å². The van der Waals surface area contributed by atoms with E-state index in [0.29, 0.717) is 0 Å². The van der Waals surface area contributed by atoms with E-state index in [4.69, 9.17) is 16.3 Å². The highest BCUT2D eigenvalue weighted by atomic mass is 35.5. The van der Waals surface area contributed by atoms with Gasteiger partial charge in [-0.2, -0.15) is 0 Å². The second kappa shape index (κ2) is 6.73. The zero-order chi connectivity index (χ0) is 16.2. The Morgan fingerprint density at radius 3 is 2.62 bits per heavy atom. The van der Waals surface area contributed by atoms with Crippen LogP contribution in [0.25, 0.3) is 0 Å². The minimum Gasteiger partial charge on any atom is -0.491 e. The van der Waals surface area contributed by atoms with Gasteiger partial charge in [0.2, 0.25) is 0 Å². The lowest BCUT2D eigenvalue weighted by molar-refractivity contribution is -0.384. The Morgan fingerprint density at radius 2 is 2.19 bits per heavy atom. The van der Waals surface area contributed by atoms with Gasteiger partial charge in [-0.25, -0.2) is 0 Å². The summed E-state index contributed by atoms with van der Waals surface area (Å²) in [5.41, 5.74) is -1.51. The van der Waals surface area contributed by atoms with Gasteiger partial charge in [0, 0.05) is 18.2 Å². The lowest BCUT2D eigenvalue weighted by Crippen LogP contribution is -2.56. The molecule has 0 radical (unpaired) electrons. The maximum Gasteiger partial charge on any atom is 0.327 e. The van der Waals surface area contributed by atoms with Crippen LogP contribution in [0.1, 0.15) is 20.8 Å². The van der Waals surface area contributed by atoms with Crippen LogP contribution in [0.5, 0.6) is 5.75 Å². The van der Waals surface area contributed by atoms with Gasteiger partial charge in [0.15, 0.2) is 0 Å². The molecule has 2 N–H and O–H groups in total. The summed E-state index contributed by atoms with van der Waals surface area (Å²) in [7, 11) is 0. The van der Waals surface area contributed by atoms with Gasteiger partial charge in [0.1, 0.15) is 22.9 Å². The molecule has 0 fully saturated rings. The Bertz CT molecular complexity index is 549. The molecule has 0 aliphatic rings. The predicted molar refractivity (Wildman–Crippen MR) is 77.9 cm³/mol. The molecule has 0 amide bonds. The van der Waals surface area contributed by atoms with Gasteiger partial charge >= 0.3 is 5.97 Å². The molecule has 0 aliphatic carbocycles. The fourth-order valence-electron chi connectivity index (χ4n) is 1.76. The van der Waals surface area contributed by atoms with E-state index in [2.05, 4.69) is 5.32 Å². The highest BCUT2D eigenvalue weighted by molar-refractivity contribution is 6.32. The molecule has 8 heteroatoms. The minimum atomic E-state index is -1.28. The number of nitro benzene ring substituents is 1. The van der Waals surface area contributed by atoms with E-state index in [0.717, 1.165) is 0 Å². The van der Waals surface area contributed by atoms with Crippen molar-refractivity contribution in [3.8, 4) is 5.75 Å². The standard InChI is InChI=1S/C13H17ClN2O5/c1-8(2)15-13(3,12(17)18)7-21-9-4-5-11(16(19)20)10(14)6-9/h4-6,8,15H,7H2,1-3H3,(H,17,18). The van der Waals surface area contributed by atoms with Gasteiger partial charge < -0.3 is 9.84 Å². The number of aliphatic carboxylic acids is 1. The first kappa shape index (κ1) is 17.2. The first-order valence-electron chi connectivity index (χ1n) is 6.23. The number of halogens is 1. The molecule has 0 saturated carbocycles. The zero-order valence-electron chi connectivity index (χ0n) is 11.9. The number of rotatable bonds is 7. The second-order valence-corrected chi connectivity index (χ2v) is 5.50. The van der Waals surface area contributed by atoms with Crippen molar-refractivity contribution in [1.29, 1.82) is 0 Å². The van der Waals surface area contributed by atoms with Crippen molar-refractivity contribution in [2.75, 3.05) is 6.61 Å². The summed E-state index contributed by atoms with van der Waals surface area (Å²) >= 11 is 5.77. The quantitative estimate of drug-likeness (QED) is 0.592. The second-order valence-electron chi connectivity index (χ2n) is 5.10. The summed E-state index contributed by atoms with van der Waals surface area (Å²) in [4.78, 5) is 21.4. The molecule has 0 aromatic heterocycles. The lowest BCUT2D eigenvalue weighted by atomic mass is 10.0. The molecule has 1 rings (SSSR count). The molecule has 0 bridgehead atoms. The Kier molecular flexibility index (Phi) is 5.51. The van der Waals surface area contributed by atoms with E-state index in [1.807, 2.05) is 13.8 Å². The van der Waals surface area contributed by atoms with E-state index < -0.39 is 16.4 Å². The SMILES string of the molecule is CC(C)NC(C)(COc1ccc([N+](=O)[O-])c(Cl)c1)C(=O)O. The van der Waals surface area contributed by atoms with Gasteiger partial charge in [-0.1, -0.05) is 11.6 Å². The molecule has 0 heterocycles. The van der Waals surface area contributed by atoms with Gasteiger partial charge in [0.25, 0.3) is 5.69 Å². The third kappa shape index (κ3) is 4.57. The fraction of sp³-hybridized carbons (Fsp3) is 0.462. The van der Waals surface area contributed by atoms with Crippen molar-refractivity contribution in [2.45, 2.75) is 32.4 Å². The number of nitrogens with zero attached hydrogens (tertiary/aromatic N) is 1. The van der Waals surface area contributed by atoms with E-state index in [1.54, 1.807) is 0 Å². The van der Waals surface area contributed by atoms with Crippen LogP contribution in [0, 0.1) is 10.1 Å². The maximum absolute atomic E-state index is 11.3.